The molecule has 0 aromatic carbocycles. The zero-order valence-corrected chi connectivity index (χ0v) is 15.0. The van der Waals surface area contributed by atoms with E-state index < -0.39 is 22.2 Å². The lowest BCUT2D eigenvalue weighted by Gasteiger charge is -2.24. The fourth-order valence-corrected chi connectivity index (χ4v) is 3.11. The maximum absolute atomic E-state index is 12.1. The molecule has 0 aromatic heterocycles. The van der Waals surface area contributed by atoms with Crippen molar-refractivity contribution in [3.63, 3.8) is 0 Å². The second kappa shape index (κ2) is 9.14. The van der Waals surface area contributed by atoms with Crippen LogP contribution >= 0.6 is 12.6 Å². The molecule has 1 N–H and O–H groups in total. The third kappa shape index (κ3) is 6.04. The van der Waals surface area contributed by atoms with E-state index in [9.17, 15) is 13.2 Å². The van der Waals surface area contributed by atoms with Crippen LogP contribution < -0.4 is 4.72 Å². The molecule has 1 saturated heterocycles. The van der Waals surface area contributed by atoms with Gasteiger partial charge in [-0.25, -0.2) is 17.9 Å². The van der Waals surface area contributed by atoms with Crippen molar-refractivity contribution in [1.82, 2.24) is 9.62 Å². The number of rotatable bonds is 8. The summed E-state index contributed by atoms with van der Waals surface area (Å²) in [4.78, 5) is 18.4. The highest BCUT2D eigenvalue weighted by atomic mass is 32.2. The average molecular weight is 365 g/mol. The lowest BCUT2D eigenvalue weighted by molar-refractivity contribution is 0.115. The van der Waals surface area contributed by atoms with Gasteiger partial charge in [0.1, 0.15) is 13.7 Å². The number of nitrogens with zero attached hydrogens (tertiary/aromatic N) is 2. The summed E-state index contributed by atoms with van der Waals surface area (Å²) >= 11 is 4.40. The molecule has 0 aromatic rings. The van der Waals surface area contributed by atoms with Gasteiger partial charge >= 0.3 is 6.09 Å². The summed E-state index contributed by atoms with van der Waals surface area (Å²) in [6.07, 6.45) is 1.48. The molecule has 0 spiro atoms. The van der Waals surface area contributed by atoms with Gasteiger partial charge in [-0.05, 0) is 13.3 Å². The van der Waals surface area contributed by atoms with Crippen LogP contribution in [-0.2, 0) is 19.6 Å². The van der Waals surface area contributed by atoms with E-state index >= 15 is 0 Å². The number of amides is 1. The average Bonchev–Trinajstić information content (AvgIpc) is 2.91. The van der Waals surface area contributed by atoms with Crippen molar-refractivity contribution < 1.29 is 22.8 Å². The maximum atomic E-state index is 12.1. The number of oxime groups is 1. The largest absolute Gasteiger partial charge is 0.445 e. The minimum absolute atomic E-state index is 0.0413. The Balaban J connectivity index is 2.88. The Labute approximate surface area is 142 Å². The second-order valence-electron chi connectivity index (χ2n) is 4.91. The number of hydrogen-bond donors (Lipinski definition) is 2. The molecule has 132 valence electrons. The first-order valence-electron chi connectivity index (χ1n) is 7.14. The van der Waals surface area contributed by atoms with Crippen molar-refractivity contribution in [3.05, 3.63) is 12.7 Å². The van der Waals surface area contributed by atoms with E-state index in [1.807, 2.05) is 0 Å². The summed E-state index contributed by atoms with van der Waals surface area (Å²) in [5.41, 5.74) is 0.400. The molecule has 10 heteroatoms. The van der Waals surface area contributed by atoms with E-state index in [1.165, 1.54) is 25.0 Å². The van der Waals surface area contributed by atoms with Gasteiger partial charge in [0.05, 0.1) is 24.1 Å². The van der Waals surface area contributed by atoms with E-state index in [1.54, 1.807) is 0 Å². The smallest absolute Gasteiger partial charge is 0.410 e. The predicted molar refractivity (Wildman–Crippen MR) is 91.3 cm³/mol. The monoisotopic (exact) mass is 365 g/mol. The highest BCUT2D eigenvalue weighted by molar-refractivity contribution is 7.89. The minimum Gasteiger partial charge on any atom is -0.445 e. The minimum atomic E-state index is -3.38. The Morgan fingerprint density at radius 1 is 1.57 bits per heavy atom. The molecule has 23 heavy (non-hydrogen) atoms. The lowest BCUT2D eigenvalue weighted by Crippen LogP contribution is -2.45. The summed E-state index contributed by atoms with van der Waals surface area (Å²) in [6, 6.07) is -0.436. The number of carbonyl (C=O) groups excluding carboxylic acids is 1. The predicted octanol–water partition coefficient (Wildman–Crippen LogP) is 0.623. The van der Waals surface area contributed by atoms with Crippen LogP contribution in [-0.4, -0.2) is 69.0 Å². The molecular formula is C13H23N3O5S2. The first kappa shape index (κ1) is 19.8. The van der Waals surface area contributed by atoms with Gasteiger partial charge in [0.15, 0.2) is 0 Å². The van der Waals surface area contributed by atoms with E-state index in [4.69, 9.17) is 9.57 Å². The standard InChI is InChI=1S/C13H23N3O5S2/c1-4-6-21-13(17)16-9-10(22)7-12(16)11(15-20-3)8-14-23(18,19)5-2/h4,10,12,14,22H,1,5-9H2,2-3H3/b15-11+/t10-,12-/m0/s1. The first-order chi connectivity index (χ1) is 10.8. The van der Waals surface area contributed by atoms with Crippen molar-refractivity contribution in [2.24, 2.45) is 5.16 Å². The lowest BCUT2D eigenvalue weighted by atomic mass is 10.1. The quantitative estimate of drug-likeness (QED) is 0.284. The molecule has 1 heterocycles. The molecule has 1 fully saturated rings. The highest BCUT2D eigenvalue weighted by Gasteiger charge is 2.38. The number of hydrogen-bond acceptors (Lipinski definition) is 7. The maximum Gasteiger partial charge on any atom is 0.410 e. The number of ether oxygens (including phenoxy) is 1. The molecule has 0 bridgehead atoms. The molecule has 2 atom stereocenters. The SMILES string of the molecule is C=CCOC(=O)N1C[C@@H](S)C[C@H]1/C(CNS(=O)(=O)CC)=N/OC. The van der Waals surface area contributed by atoms with Crippen LogP contribution in [0.25, 0.3) is 0 Å². The normalized spacial score (nSPS) is 22.0. The van der Waals surface area contributed by atoms with Crippen molar-refractivity contribution in [3.8, 4) is 0 Å². The molecular weight excluding hydrogens is 342 g/mol. The summed E-state index contributed by atoms with van der Waals surface area (Å²) in [7, 11) is -2.02. The summed E-state index contributed by atoms with van der Waals surface area (Å²) in [5.74, 6) is -0.0434. The molecule has 0 unspecified atom stereocenters. The molecule has 1 amide bonds. The van der Waals surface area contributed by atoms with Gasteiger partial charge in [-0.15, -0.1) is 0 Å². The molecule has 1 rings (SSSR count). The summed E-state index contributed by atoms with van der Waals surface area (Å²) in [5, 5.41) is 3.82. The van der Waals surface area contributed by atoms with Gasteiger partial charge in [-0.1, -0.05) is 17.8 Å². The van der Waals surface area contributed by atoms with Gasteiger partial charge in [0, 0.05) is 11.8 Å². The molecule has 1 aliphatic heterocycles. The number of sulfonamides is 1. The van der Waals surface area contributed by atoms with E-state index in [2.05, 4.69) is 29.1 Å². The third-order valence-corrected chi connectivity index (χ3v) is 5.00. The Bertz CT molecular complexity index is 550. The van der Waals surface area contributed by atoms with Crippen LogP contribution in [0.15, 0.2) is 17.8 Å². The van der Waals surface area contributed by atoms with Crippen molar-refractivity contribution in [2.45, 2.75) is 24.6 Å². The Morgan fingerprint density at radius 2 is 2.26 bits per heavy atom. The molecule has 0 aliphatic carbocycles. The van der Waals surface area contributed by atoms with Crippen molar-refractivity contribution >= 4 is 34.5 Å². The topological polar surface area (TPSA) is 97.3 Å². The van der Waals surface area contributed by atoms with Gasteiger partial charge in [-0.3, -0.25) is 4.90 Å². The Hall–Kier alpha value is -1.26. The highest BCUT2D eigenvalue weighted by Crippen LogP contribution is 2.24. The number of nitrogens with one attached hydrogen (secondary N) is 1. The number of carbonyl (C=O) groups is 1. The van der Waals surface area contributed by atoms with Gasteiger partial charge in [0.2, 0.25) is 10.0 Å². The molecule has 0 radical (unpaired) electrons. The fourth-order valence-electron chi connectivity index (χ4n) is 2.16. The zero-order chi connectivity index (χ0) is 17.5. The number of likely N-dealkylation sites (tertiary alicyclic amines) is 1. The summed E-state index contributed by atoms with van der Waals surface area (Å²) < 4.78 is 30.7. The number of thiol groups is 1. The Morgan fingerprint density at radius 3 is 2.83 bits per heavy atom. The van der Waals surface area contributed by atoms with Crippen molar-refractivity contribution in [1.29, 1.82) is 0 Å². The van der Waals surface area contributed by atoms with Crippen LogP contribution in [0.1, 0.15) is 13.3 Å². The molecule has 0 saturated carbocycles. The van der Waals surface area contributed by atoms with Gasteiger partial charge in [-0.2, -0.15) is 12.6 Å². The fraction of sp³-hybridized carbons (Fsp3) is 0.692. The van der Waals surface area contributed by atoms with E-state index in [0.29, 0.717) is 18.7 Å². The molecule has 8 nitrogen and oxygen atoms in total. The van der Waals surface area contributed by atoms with Gasteiger partial charge in [0.25, 0.3) is 0 Å². The van der Waals surface area contributed by atoms with E-state index in [-0.39, 0.29) is 24.2 Å². The Kier molecular flexibility index (Phi) is 7.86. The van der Waals surface area contributed by atoms with Crippen LogP contribution in [0.2, 0.25) is 0 Å². The van der Waals surface area contributed by atoms with E-state index in [0.717, 1.165) is 0 Å². The molecule has 1 aliphatic rings. The summed E-state index contributed by atoms with van der Waals surface area (Å²) in [6.45, 7) is 5.46. The van der Waals surface area contributed by atoms with Crippen LogP contribution in [0.5, 0.6) is 0 Å². The first-order valence-corrected chi connectivity index (χ1v) is 9.31. The van der Waals surface area contributed by atoms with Gasteiger partial charge < -0.3 is 9.57 Å². The second-order valence-corrected chi connectivity index (χ2v) is 7.74. The van der Waals surface area contributed by atoms with Crippen LogP contribution in [0.3, 0.4) is 0 Å². The zero-order valence-electron chi connectivity index (χ0n) is 13.3. The van der Waals surface area contributed by atoms with Crippen molar-refractivity contribution in [2.75, 3.05) is 32.6 Å². The van der Waals surface area contributed by atoms with Crippen LogP contribution in [0.4, 0.5) is 4.79 Å². The third-order valence-electron chi connectivity index (χ3n) is 3.28. The van der Waals surface area contributed by atoms with Crippen LogP contribution in [0, 0.1) is 0 Å².